The number of hydrogen-bond donors (Lipinski definition) is 1. The number of aromatic amines is 1. The molecule has 0 radical (unpaired) electrons. The van der Waals surface area contributed by atoms with Crippen molar-refractivity contribution in [2.75, 3.05) is 14.2 Å². The van der Waals surface area contributed by atoms with Gasteiger partial charge in [0.05, 0.1) is 14.2 Å². The Morgan fingerprint density at radius 2 is 1.89 bits per heavy atom. The van der Waals surface area contributed by atoms with Crippen molar-refractivity contribution in [1.82, 2.24) is 4.98 Å². The number of aromatic nitrogens is 1. The molecule has 0 spiro atoms. The molecule has 0 saturated carbocycles. The van der Waals surface area contributed by atoms with Crippen LogP contribution >= 0.6 is 0 Å². The first-order valence-electron chi connectivity index (χ1n) is 5.55. The van der Waals surface area contributed by atoms with E-state index in [1.165, 1.54) is 13.3 Å². The Labute approximate surface area is 110 Å². The van der Waals surface area contributed by atoms with Crippen LogP contribution in [0, 0.1) is 11.3 Å². The zero-order valence-electron chi connectivity index (χ0n) is 10.6. The second-order valence-corrected chi connectivity index (χ2v) is 3.78. The molecule has 2 rings (SSSR count). The Hall–Kier alpha value is -2.74. The van der Waals surface area contributed by atoms with Gasteiger partial charge in [0.15, 0.2) is 11.5 Å². The third-order valence-electron chi connectivity index (χ3n) is 2.77. The van der Waals surface area contributed by atoms with E-state index in [0.29, 0.717) is 17.1 Å². The summed E-state index contributed by atoms with van der Waals surface area (Å²) in [5, 5.41) is 9.06. The van der Waals surface area contributed by atoms with Crippen molar-refractivity contribution in [2.45, 2.75) is 0 Å². The van der Waals surface area contributed by atoms with Gasteiger partial charge in [0, 0.05) is 11.8 Å². The van der Waals surface area contributed by atoms with Crippen molar-refractivity contribution in [3.63, 3.8) is 0 Å². The van der Waals surface area contributed by atoms with E-state index in [2.05, 4.69) is 4.98 Å². The van der Waals surface area contributed by atoms with Crippen LogP contribution in [-0.2, 0) is 0 Å². The van der Waals surface area contributed by atoms with Crippen LogP contribution in [0.2, 0.25) is 0 Å². The van der Waals surface area contributed by atoms with Crippen LogP contribution in [0.5, 0.6) is 11.5 Å². The second-order valence-electron chi connectivity index (χ2n) is 3.78. The average Bonchev–Trinajstić information content (AvgIpc) is 2.46. The molecule has 0 aliphatic carbocycles. The van der Waals surface area contributed by atoms with Gasteiger partial charge in [-0.15, -0.1) is 0 Å². The molecule has 1 aromatic heterocycles. The molecule has 0 unspecified atom stereocenters. The lowest BCUT2D eigenvalue weighted by Crippen LogP contribution is -2.10. The average molecular weight is 256 g/mol. The zero-order valence-corrected chi connectivity index (χ0v) is 10.6. The molecular weight excluding hydrogens is 244 g/mol. The van der Waals surface area contributed by atoms with E-state index in [1.54, 1.807) is 31.4 Å². The number of pyridine rings is 1. The summed E-state index contributed by atoms with van der Waals surface area (Å²) < 4.78 is 10.4. The lowest BCUT2D eigenvalue weighted by atomic mass is 10.0. The molecule has 0 atom stereocenters. The molecule has 19 heavy (non-hydrogen) atoms. The molecule has 0 fully saturated rings. The smallest absolute Gasteiger partial charge is 0.266 e. The van der Waals surface area contributed by atoms with Gasteiger partial charge in [0.1, 0.15) is 11.6 Å². The van der Waals surface area contributed by atoms with Crippen molar-refractivity contribution >= 4 is 0 Å². The fourth-order valence-corrected chi connectivity index (χ4v) is 1.83. The number of nitrogens with zero attached hydrogens (tertiary/aromatic N) is 1. The topological polar surface area (TPSA) is 75.1 Å². The molecule has 1 N–H and O–H groups in total. The largest absolute Gasteiger partial charge is 0.493 e. The molecule has 0 bridgehead atoms. The normalized spacial score (nSPS) is 9.74. The Kier molecular flexibility index (Phi) is 3.53. The maximum Gasteiger partial charge on any atom is 0.266 e. The van der Waals surface area contributed by atoms with E-state index in [0.717, 1.165) is 5.56 Å². The summed E-state index contributed by atoms with van der Waals surface area (Å²) in [6, 6.07) is 8.83. The third kappa shape index (κ3) is 2.29. The summed E-state index contributed by atoms with van der Waals surface area (Å²) in [6.07, 6.45) is 1.51. The molecule has 0 saturated heterocycles. The van der Waals surface area contributed by atoms with Gasteiger partial charge >= 0.3 is 0 Å². The Morgan fingerprint density at radius 1 is 1.16 bits per heavy atom. The number of H-pyrrole nitrogens is 1. The second kappa shape index (κ2) is 5.27. The number of hydrogen-bond acceptors (Lipinski definition) is 4. The van der Waals surface area contributed by atoms with Crippen molar-refractivity contribution in [1.29, 1.82) is 5.26 Å². The van der Waals surface area contributed by atoms with Gasteiger partial charge in [-0.05, 0) is 23.8 Å². The number of methoxy groups -OCH3 is 2. The van der Waals surface area contributed by atoms with Gasteiger partial charge in [-0.2, -0.15) is 5.26 Å². The number of ether oxygens (including phenoxy) is 2. The highest BCUT2D eigenvalue weighted by atomic mass is 16.5. The molecule has 0 aliphatic rings. The molecule has 5 nitrogen and oxygen atoms in total. The molecule has 0 amide bonds. The van der Waals surface area contributed by atoms with Gasteiger partial charge in [0.25, 0.3) is 5.56 Å². The quantitative estimate of drug-likeness (QED) is 0.910. The number of benzene rings is 1. The maximum atomic E-state index is 11.6. The zero-order chi connectivity index (χ0) is 13.8. The lowest BCUT2D eigenvalue weighted by molar-refractivity contribution is 0.355. The lowest BCUT2D eigenvalue weighted by Gasteiger charge is -2.10. The molecule has 1 heterocycles. The Balaban J connectivity index is 2.64. The molecule has 5 heteroatoms. The van der Waals surface area contributed by atoms with Crippen molar-refractivity contribution in [3.8, 4) is 28.7 Å². The standard InChI is InChI=1S/C14H12N2O3/c1-18-12-4-3-9(7-13(12)19-2)10-5-6-16-14(17)11(10)8-15/h3-7H,1-2H3,(H,16,17). The first kappa shape index (κ1) is 12.7. The summed E-state index contributed by atoms with van der Waals surface area (Å²) >= 11 is 0. The predicted octanol–water partition coefficient (Wildman–Crippen LogP) is 1.93. The van der Waals surface area contributed by atoms with Gasteiger partial charge < -0.3 is 14.5 Å². The first-order valence-corrected chi connectivity index (χ1v) is 5.55. The van der Waals surface area contributed by atoms with Crippen LogP contribution in [0.3, 0.4) is 0 Å². The number of nitrogens with one attached hydrogen (secondary N) is 1. The van der Waals surface area contributed by atoms with Crippen LogP contribution in [-0.4, -0.2) is 19.2 Å². The highest BCUT2D eigenvalue weighted by Gasteiger charge is 2.11. The van der Waals surface area contributed by atoms with Crippen molar-refractivity contribution in [2.24, 2.45) is 0 Å². The fraction of sp³-hybridized carbons (Fsp3) is 0.143. The van der Waals surface area contributed by atoms with Gasteiger partial charge in [-0.3, -0.25) is 4.79 Å². The minimum Gasteiger partial charge on any atom is -0.493 e. The van der Waals surface area contributed by atoms with E-state index in [1.807, 2.05) is 6.07 Å². The highest BCUT2D eigenvalue weighted by Crippen LogP contribution is 2.32. The highest BCUT2D eigenvalue weighted by molar-refractivity contribution is 5.72. The van der Waals surface area contributed by atoms with Crippen LogP contribution < -0.4 is 15.0 Å². The van der Waals surface area contributed by atoms with E-state index in [-0.39, 0.29) is 5.56 Å². The van der Waals surface area contributed by atoms with Crippen LogP contribution in [0.15, 0.2) is 35.3 Å². The summed E-state index contributed by atoms with van der Waals surface area (Å²) in [7, 11) is 3.08. The fourth-order valence-electron chi connectivity index (χ4n) is 1.83. The van der Waals surface area contributed by atoms with Crippen LogP contribution in [0.1, 0.15) is 5.56 Å². The summed E-state index contributed by atoms with van der Waals surface area (Å²) in [5.41, 5.74) is 0.956. The minimum absolute atomic E-state index is 0.0784. The summed E-state index contributed by atoms with van der Waals surface area (Å²) in [5.74, 6) is 1.14. The first-order chi connectivity index (χ1) is 9.21. The molecule has 0 aliphatic heterocycles. The molecule has 2 aromatic rings. The third-order valence-corrected chi connectivity index (χ3v) is 2.77. The van der Waals surface area contributed by atoms with E-state index < -0.39 is 5.56 Å². The van der Waals surface area contributed by atoms with Crippen LogP contribution in [0.25, 0.3) is 11.1 Å². The van der Waals surface area contributed by atoms with Gasteiger partial charge in [-0.25, -0.2) is 0 Å². The number of rotatable bonds is 3. The van der Waals surface area contributed by atoms with E-state index >= 15 is 0 Å². The minimum atomic E-state index is -0.408. The monoisotopic (exact) mass is 256 g/mol. The molecule has 1 aromatic carbocycles. The van der Waals surface area contributed by atoms with Crippen LogP contribution in [0.4, 0.5) is 0 Å². The van der Waals surface area contributed by atoms with Crippen molar-refractivity contribution < 1.29 is 9.47 Å². The van der Waals surface area contributed by atoms with Gasteiger partial charge in [-0.1, -0.05) is 6.07 Å². The van der Waals surface area contributed by atoms with E-state index in [9.17, 15) is 4.79 Å². The molecule has 96 valence electrons. The number of nitriles is 1. The molecular formula is C14H12N2O3. The maximum absolute atomic E-state index is 11.6. The Morgan fingerprint density at radius 3 is 2.53 bits per heavy atom. The van der Waals surface area contributed by atoms with Crippen molar-refractivity contribution in [3.05, 3.63) is 46.4 Å². The SMILES string of the molecule is COc1ccc(-c2cc[nH]c(=O)c2C#N)cc1OC. The Bertz CT molecular complexity index is 699. The van der Waals surface area contributed by atoms with Gasteiger partial charge in [0.2, 0.25) is 0 Å². The predicted molar refractivity (Wildman–Crippen MR) is 70.3 cm³/mol. The van der Waals surface area contributed by atoms with E-state index in [4.69, 9.17) is 14.7 Å². The summed E-state index contributed by atoms with van der Waals surface area (Å²) in [4.78, 5) is 14.1. The summed E-state index contributed by atoms with van der Waals surface area (Å²) in [6.45, 7) is 0.